The van der Waals surface area contributed by atoms with Gasteiger partial charge in [-0.05, 0) is 39.0 Å². The smallest absolute Gasteiger partial charge is 0.0805 e. The third-order valence-electron chi connectivity index (χ3n) is 4.39. The maximum Gasteiger partial charge on any atom is 0.0805 e. The Kier molecular flexibility index (Phi) is 19.4. The van der Waals surface area contributed by atoms with Gasteiger partial charge in [-0.1, -0.05) is 76.9 Å². The molecule has 138 valence electrons. The van der Waals surface area contributed by atoms with Gasteiger partial charge in [-0.25, -0.2) is 0 Å². The molecule has 0 bridgehead atoms. The first kappa shape index (κ1) is 22.7. The first-order valence-corrected chi connectivity index (χ1v) is 10.2. The predicted octanol–water partition coefficient (Wildman–Crippen LogP) is 6.42. The highest BCUT2D eigenvalue weighted by molar-refractivity contribution is 4.81. The Morgan fingerprint density at radius 2 is 1.26 bits per heavy atom. The molecule has 0 fully saturated rings. The molecule has 23 heavy (non-hydrogen) atoms. The Bertz CT molecular complexity index is 238. The fourth-order valence-electron chi connectivity index (χ4n) is 2.91. The van der Waals surface area contributed by atoms with Crippen LogP contribution in [0.15, 0.2) is 12.2 Å². The zero-order valence-corrected chi connectivity index (χ0v) is 15.9. The second-order valence-corrected chi connectivity index (χ2v) is 6.63. The maximum absolute atomic E-state index is 9.14. The number of ether oxygens (including phenoxy) is 1. The third-order valence-corrected chi connectivity index (χ3v) is 4.39. The Morgan fingerprint density at radius 1 is 0.739 bits per heavy atom. The molecule has 0 saturated carbocycles. The van der Waals surface area contributed by atoms with Crippen LogP contribution in [0.25, 0.3) is 0 Å². The van der Waals surface area contributed by atoms with Gasteiger partial charge < -0.3 is 9.84 Å². The van der Waals surface area contributed by atoms with Gasteiger partial charge in [-0.15, -0.1) is 0 Å². The predicted molar refractivity (Wildman–Crippen MR) is 102 cm³/mol. The summed E-state index contributed by atoms with van der Waals surface area (Å²) >= 11 is 0. The Balaban J connectivity index is 3.19. The average molecular weight is 327 g/mol. The van der Waals surface area contributed by atoms with Crippen molar-refractivity contribution < 1.29 is 9.84 Å². The van der Waals surface area contributed by atoms with Gasteiger partial charge in [-0.2, -0.15) is 0 Å². The summed E-state index contributed by atoms with van der Waals surface area (Å²) in [7, 11) is 0. The van der Waals surface area contributed by atoms with Crippen LogP contribution < -0.4 is 0 Å². The SMILES string of the molecule is CCCCCCCC/C=C\CCCCCCCC(CO)OCC. The van der Waals surface area contributed by atoms with Gasteiger partial charge in [0.2, 0.25) is 0 Å². The third kappa shape index (κ3) is 17.8. The molecule has 2 nitrogen and oxygen atoms in total. The first-order chi connectivity index (χ1) is 11.3. The summed E-state index contributed by atoms with van der Waals surface area (Å²) < 4.78 is 5.45. The molecule has 0 rings (SSSR count). The highest BCUT2D eigenvalue weighted by Crippen LogP contribution is 2.11. The number of unbranched alkanes of at least 4 members (excludes halogenated alkanes) is 11. The molecule has 0 aliphatic rings. The number of hydrogen-bond acceptors (Lipinski definition) is 2. The summed E-state index contributed by atoms with van der Waals surface area (Å²) in [5.74, 6) is 0. The van der Waals surface area contributed by atoms with E-state index in [1.54, 1.807) is 0 Å². The molecule has 1 unspecified atom stereocenters. The Labute approximate surface area is 145 Å². The molecule has 0 aromatic carbocycles. The van der Waals surface area contributed by atoms with Crippen LogP contribution in [0.2, 0.25) is 0 Å². The molecule has 0 aromatic rings. The number of aliphatic hydroxyl groups excluding tert-OH is 1. The zero-order chi connectivity index (χ0) is 17.0. The largest absolute Gasteiger partial charge is 0.394 e. The summed E-state index contributed by atoms with van der Waals surface area (Å²) in [6.07, 6.45) is 23.1. The quantitative estimate of drug-likeness (QED) is 0.232. The van der Waals surface area contributed by atoms with Crippen LogP contribution in [0.3, 0.4) is 0 Å². The van der Waals surface area contributed by atoms with Crippen molar-refractivity contribution in [3.05, 3.63) is 12.2 Å². The van der Waals surface area contributed by atoms with Crippen molar-refractivity contribution in [3.63, 3.8) is 0 Å². The van der Waals surface area contributed by atoms with Crippen LogP contribution >= 0.6 is 0 Å². The highest BCUT2D eigenvalue weighted by Gasteiger charge is 2.05. The van der Waals surface area contributed by atoms with Crippen LogP contribution in [0.4, 0.5) is 0 Å². The van der Waals surface area contributed by atoms with E-state index in [9.17, 15) is 0 Å². The van der Waals surface area contributed by atoms with Crippen molar-refractivity contribution in [1.82, 2.24) is 0 Å². The lowest BCUT2D eigenvalue weighted by Gasteiger charge is -2.13. The van der Waals surface area contributed by atoms with E-state index >= 15 is 0 Å². The highest BCUT2D eigenvalue weighted by atomic mass is 16.5. The van der Waals surface area contributed by atoms with Crippen molar-refractivity contribution >= 4 is 0 Å². The van der Waals surface area contributed by atoms with Crippen molar-refractivity contribution in [1.29, 1.82) is 0 Å². The Hall–Kier alpha value is -0.340. The van der Waals surface area contributed by atoms with Crippen molar-refractivity contribution in [2.45, 2.75) is 110 Å². The summed E-state index contributed by atoms with van der Waals surface area (Å²) in [6.45, 7) is 5.13. The lowest BCUT2D eigenvalue weighted by Crippen LogP contribution is -2.17. The minimum absolute atomic E-state index is 0.0601. The van der Waals surface area contributed by atoms with E-state index in [2.05, 4.69) is 19.1 Å². The van der Waals surface area contributed by atoms with E-state index in [1.165, 1.54) is 83.5 Å². The van der Waals surface area contributed by atoms with E-state index in [1.807, 2.05) is 6.92 Å². The van der Waals surface area contributed by atoms with E-state index in [0.29, 0.717) is 6.61 Å². The van der Waals surface area contributed by atoms with Gasteiger partial charge in [0.05, 0.1) is 12.7 Å². The van der Waals surface area contributed by atoms with Crippen molar-refractivity contribution in [3.8, 4) is 0 Å². The minimum Gasteiger partial charge on any atom is -0.394 e. The van der Waals surface area contributed by atoms with Crippen LogP contribution in [0.1, 0.15) is 104 Å². The van der Waals surface area contributed by atoms with Crippen molar-refractivity contribution in [2.75, 3.05) is 13.2 Å². The maximum atomic E-state index is 9.14. The van der Waals surface area contributed by atoms with Gasteiger partial charge >= 0.3 is 0 Å². The summed E-state index contributed by atoms with van der Waals surface area (Å²) in [5, 5.41) is 9.14. The molecule has 0 aromatic heterocycles. The number of aliphatic hydroxyl groups is 1. The second kappa shape index (κ2) is 19.7. The van der Waals surface area contributed by atoms with Crippen LogP contribution in [0, 0.1) is 0 Å². The summed E-state index contributed by atoms with van der Waals surface area (Å²) in [4.78, 5) is 0. The topological polar surface area (TPSA) is 29.5 Å². The molecule has 0 spiro atoms. The van der Waals surface area contributed by atoms with Crippen LogP contribution in [-0.2, 0) is 4.74 Å². The lowest BCUT2D eigenvalue weighted by atomic mass is 10.1. The summed E-state index contributed by atoms with van der Waals surface area (Å²) in [6, 6.07) is 0. The van der Waals surface area contributed by atoms with Gasteiger partial charge in [0.15, 0.2) is 0 Å². The monoisotopic (exact) mass is 326 g/mol. The van der Waals surface area contributed by atoms with Gasteiger partial charge in [-0.3, -0.25) is 0 Å². The molecule has 2 heteroatoms. The van der Waals surface area contributed by atoms with Gasteiger partial charge in [0.1, 0.15) is 0 Å². The summed E-state index contributed by atoms with van der Waals surface area (Å²) in [5.41, 5.74) is 0. The van der Waals surface area contributed by atoms with E-state index in [0.717, 1.165) is 6.42 Å². The molecule has 0 aliphatic heterocycles. The Morgan fingerprint density at radius 3 is 1.78 bits per heavy atom. The fourth-order valence-corrected chi connectivity index (χ4v) is 2.91. The standard InChI is InChI=1S/C21H42O2/c1-3-5-6-7-8-9-10-11-12-13-14-15-16-17-18-19-21(20-22)23-4-2/h11-12,21-22H,3-10,13-20H2,1-2H3/b12-11-. The molecule has 0 aliphatic carbocycles. The molecule has 0 radical (unpaired) electrons. The lowest BCUT2D eigenvalue weighted by molar-refractivity contribution is 0.0136. The zero-order valence-electron chi connectivity index (χ0n) is 15.9. The number of allylic oxidation sites excluding steroid dienone is 2. The fraction of sp³-hybridized carbons (Fsp3) is 0.905. The van der Waals surface area contributed by atoms with Gasteiger partial charge in [0, 0.05) is 6.61 Å². The number of hydrogen-bond donors (Lipinski definition) is 1. The molecule has 1 atom stereocenters. The first-order valence-electron chi connectivity index (χ1n) is 10.2. The minimum atomic E-state index is 0.0601. The molecular formula is C21H42O2. The van der Waals surface area contributed by atoms with E-state index < -0.39 is 0 Å². The van der Waals surface area contributed by atoms with Crippen molar-refractivity contribution in [2.24, 2.45) is 0 Å². The second-order valence-electron chi connectivity index (χ2n) is 6.63. The van der Waals surface area contributed by atoms with Crippen LogP contribution in [-0.4, -0.2) is 24.4 Å². The molecule has 0 saturated heterocycles. The normalized spacial score (nSPS) is 13.0. The van der Waals surface area contributed by atoms with E-state index in [4.69, 9.17) is 9.84 Å². The average Bonchev–Trinajstić information content (AvgIpc) is 2.57. The molecular weight excluding hydrogens is 284 g/mol. The van der Waals surface area contributed by atoms with Gasteiger partial charge in [0.25, 0.3) is 0 Å². The van der Waals surface area contributed by atoms with Crippen LogP contribution in [0.5, 0.6) is 0 Å². The molecule has 0 amide bonds. The van der Waals surface area contributed by atoms with E-state index in [-0.39, 0.29) is 12.7 Å². The number of rotatable bonds is 18. The molecule has 0 heterocycles. The molecule has 1 N–H and O–H groups in total.